The molecule has 0 atom stereocenters. The van der Waals surface area contributed by atoms with Crippen LogP contribution in [0, 0.1) is 6.42 Å². The molecule has 1 aliphatic carbocycles. The third kappa shape index (κ3) is 4.56. The molecule has 0 aromatic rings. The van der Waals surface area contributed by atoms with E-state index in [0.29, 0.717) is 0 Å². The summed E-state index contributed by atoms with van der Waals surface area (Å²) in [6.45, 7) is 4.33. The summed E-state index contributed by atoms with van der Waals surface area (Å²) in [5.74, 6) is 0.950. The van der Waals surface area contributed by atoms with E-state index in [1.165, 1.54) is 32.4 Å². The molecule has 0 spiro atoms. The van der Waals surface area contributed by atoms with E-state index in [-0.39, 0.29) is 18.9 Å². The summed E-state index contributed by atoms with van der Waals surface area (Å²) in [4.78, 5) is 2.48. The monoisotopic (exact) mass is 211 g/mol. The molecule has 0 bridgehead atoms. The van der Waals surface area contributed by atoms with Crippen molar-refractivity contribution in [2.24, 2.45) is 0 Å². The molecule has 0 aromatic carbocycles. The van der Waals surface area contributed by atoms with Crippen molar-refractivity contribution in [2.45, 2.75) is 19.3 Å². The molecule has 0 amide bonds. The molecule has 0 radical (unpaired) electrons. The summed E-state index contributed by atoms with van der Waals surface area (Å²) >= 11 is 0. The SMILES string of the molecule is C1=CC=C(OCCN2CCCCC2)[CH-]C=1.[Li+]. The number of rotatable bonds is 4. The molecule has 16 heavy (non-hydrogen) atoms. The van der Waals surface area contributed by atoms with E-state index < -0.39 is 0 Å². The maximum atomic E-state index is 5.65. The molecule has 0 aromatic heterocycles. The summed E-state index contributed by atoms with van der Waals surface area (Å²) in [6.07, 6.45) is 11.8. The topological polar surface area (TPSA) is 12.5 Å². The molecular formula is C13H18LiNO. The van der Waals surface area contributed by atoms with Crippen molar-refractivity contribution in [1.82, 2.24) is 4.90 Å². The van der Waals surface area contributed by atoms with Crippen molar-refractivity contribution in [1.29, 1.82) is 0 Å². The first-order valence-electron chi connectivity index (χ1n) is 5.76. The third-order valence-corrected chi connectivity index (χ3v) is 2.81. The molecule has 2 nitrogen and oxygen atoms in total. The second-order valence-corrected chi connectivity index (χ2v) is 3.99. The van der Waals surface area contributed by atoms with Crippen molar-refractivity contribution >= 4 is 0 Å². The van der Waals surface area contributed by atoms with Crippen LogP contribution in [-0.2, 0) is 4.74 Å². The zero-order valence-corrected chi connectivity index (χ0v) is 10.1. The van der Waals surface area contributed by atoms with Crippen LogP contribution in [0.5, 0.6) is 0 Å². The number of piperidine rings is 1. The van der Waals surface area contributed by atoms with Gasteiger partial charge in [0.2, 0.25) is 0 Å². The largest absolute Gasteiger partial charge is 1.00 e. The minimum absolute atomic E-state index is 0. The van der Waals surface area contributed by atoms with Gasteiger partial charge in [-0.2, -0.15) is 0 Å². The Morgan fingerprint density at radius 3 is 2.81 bits per heavy atom. The van der Waals surface area contributed by atoms with Gasteiger partial charge >= 0.3 is 18.9 Å². The zero-order chi connectivity index (χ0) is 10.3. The average molecular weight is 211 g/mol. The smallest absolute Gasteiger partial charge is 0.518 e. The van der Waals surface area contributed by atoms with Crippen molar-refractivity contribution < 1.29 is 23.6 Å². The van der Waals surface area contributed by atoms with Crippen LogP contribution in [0.25, 0.3) is 0 Å². The van der Waals surface area contributed by atoms with Crippen LogP contribution < -0.4 is 18.9 Å². The van der Waals surface area contributed by atoms with E-state index in [1.54, 1.807) is 0 Å². The first-order chi connectivity index (χ1) is 7.45. The Labute approximate surface area is 110 Å². The normalized spacial score (nSPS) is 19.6. The Balaban J connectivity index is 0.00000128. The molecule has 2 rings (SSSR count). The molecule has 0 N–H and O–H groups in total. The van der Waals surface area contributed by atoms with Crippen LogP contribution in [0.2, 0.25) is 0 Å². The standard InChI is InChI=1S/C13H18NO.Li/c1-3-7-13(8-4-1)15-12-11-14-9-5-2-6-10-14;/h3-4,7-8H,2,5-6,9-12H2;/q-1;+1. The number of likely N-dealkylation sites (tertiary alicyclic amines) is 1. The maximum Gasteiger partial charge on any atom is 1.00 e. The van der Waals surface area contributed by atoms with E-state index in [1.807, 2.05) is 24.6 Å². The predicted molar refractivity (Wildman–Crippen MR) is 61.3 cm³/mol. The van der Waals surface area contributed by atoms with Crippen LogP contribution in [-0.4, -0.2) is 31.1 Å². The van der Waals surface area contributed by atoms with E-state index in [2.05, 4.69) is 10.6 Å². The van der Waals surface area contributed by atoms with Gasteiger partial charge in [0.05, 0.1) is 6.61 Å². The summed E-state index contributed by atoms with van der Waals surface area (Å²) in [5, 5.41) is 0. The van der Waals surface area contributed by atoms with Crippen molar-refractivity contribution in [2.75, 3.05) is 26.2 Å². The molecule has 2 aliphatic rings. The van der Waals surface area contributed by atoms with Gasteiger partial charge in [0.1, 0.15) is 0 Å². The number of allylic oxidation sites excluding steroid dienone is 2. The second-order valence-electron chi connectivity index (χ2n) is 3.99. The van der Waals surface area contributed by atoms with Gasteiger partial charge in [0.25, 0.3) is 0 Å². The van der Waals surface area contributed by atoms with Gasteiger partial charge in [0.15, 0.2) is 0 Å². The minimum Gasteiger partial charge on any atom is -0.518 e. The molecular weight excluding hydrogens is 193 g/mol. The molecule has 1 fully saturated rings. The Kier molecular flexibility index (Phi) is 6.53. The first kappa shape index (κ1) is 13.6. The van der Waals surface area contributed by atoms with E-state index in [0.717, 1.165) is 18.9 Å². The molecule has 82 valence electrons. The minimum atomic E-state index is 0. The average Bonchev–Trinajstić information content (AvgIpc) is 2.32. The predicted octanol–water partition coefficient (Wildman–Crippen LogP) is -0.694. The zero-order valence-electron chi connectivity index (χ0n) is 10.1. The molecule has 0 unspecified atom stereocenters. The van der Waals surface area contributed by atoms with Gasteiger partial charge in [-0.15, -0.1) is 24.6 Å². The van der Waals surface area contributed by atoms with Gasteiger partial charge in [-0.3, -0.25) is 10.6 Å². The molecule has 1 saturated heterocycles. The van der Waals surface area contributed by atoms with Gasteiger partial charge < -0.3 is 4.74 Å². The molecule has 1 aliphatic heterocycles. The second kappa shape index (κ2) is 7.71. The number of hydrogen-bond acceptors (Lipinski definition) is 2. The summed E-state index contributed by atoms with van der Waals surface area (Å²) in [5.41, 5.74) is 2.98. The van der Waals surface area contributed by atoms with Crippen LogP contribution in [0.1, 0.15) is 19.3 Å². The van der Waals surface area contributed by atoms with Crippen LogP contribution in [0.15, 0.2) is 29.7 Å². The van der Waals surface area contributed by atoms with E-state index in [4.69, 9.17) is 4.74 Å². The number of ether oxygens (including phenoxy) is 1. The fourth-order valence-corrected chi connectivity index (χ4v) is 1.94. The third-order valence-electron chi connectivity index (χ3n) is 2.81. The van der Waals surface area contributed by atoms with Gasteiger partial charge in [-0.05, 0) is 25.9 Å². The first-order valence-corrected chi connectivity index (χ1v) is 5.76. The Bertz CT molecular complexity index is 286. The maximum absolute atomic E-state index is 5.65. The Hall–Kier alpha value is -0.513. The fourth-order valence-electron chi connectivity index (χ4n) is 1.94. The number of hydrogen-bond donors (Lipinski definition) is 0. The van der Waals surface area contributed by atoms with Crippen LogP contribution in [0.4, 0.5) is 0 Å². The summed E-state index contributed by atoms with van der Waals surface area (Å²) in [7, 11) is 0. The molecule has 3 heteroatoms. The molecule has 1 heterocycles. The fraction of sp³-hybridized carbons (Fsp3) is 0.538. The van der Waals surface area contributed by atoms with Crippen LogP contribution in [0.3, 0.4) is 0 Å². The van der Waals surface area contributed by atoms with Gasteiger partial charge in [0, 0.05) is 12.3 Å². The van der Waals surface area contributed by atoms with Crippen molar-refractivity contribution in [3.8, 4) is 0 Å². The summed E-state index contributed by atoms with van der Waals surface area (Å²) in [6, 6.07) is 0. The van der Waals surface area contributed by atoms with Crippen molar-refractivity contribution in [3.63, 3.8) is 0 Å². The quantitative estimate of drug-likeness (QED) is 0.346. The number of nitrogens with zero attached hydrogens (tertiary/aromatic N) is 1. The Morgan fingerprint density at radius 1 is 1.31 bits per heavy atom. The van der Waals surface area contributed by atoms with Crippen LogP contribution >= 0.6 is 0 Å². The Morgan fingerprint density at radius 2 is 2.12 bits per heavy atom. The van der Waals surface area contributed by atoms with Crippen molar-refractivity contribution in [3.05, 3.63) is 36.1 Å². The van der Waals surface area contributed by atoms with E-state index in [9.17, 15) is 0 Å². The molecule has 0 saturated carbocycles. The summed E-state index contributed by atoms with van der Waals surface area (Å²) < 4.78 is 5.65. The van der Waals surface area contributed by atoms with Gasteiger partial charge in [-0.25, -0.2) is 0 Å². The van der Waals surface area contributed by atoms with Gasteiger partial charge in [-0.1, -0.05) is 6.42 Å². The van der Waals surface area contributed by atoms with E-state index >= 15 is 0 Å².